The highest BCUT2D eigenvalue weighted by atomic mass is 35.5. The van der Waals surface area contributed by atoms with E-state index in [1.165, 1.54) is 22.8 Å². The van der Waals surface area contributed by atoms with Crippen molar-refractivity contribution >= 4 is 21.6 Å². The van der Waals surface area contributed by atoms with Gasteiger partial charge in [-0.2, -0.15) is 4.31 Å². The Kier molecular flexibility index (Phi) is 4.78. The molecule has 2 rings (SSSR count). The Balaban J connectivity index is 2.12. The predicted molar refractivity (Wildman–Crippen MR) is 72.7 cm³/mol. The second-order valence-electron chi connectivity index (χ2n) is 4.36. The standard InChI is InChI=1S/C12H17ClN2O3S/c1-2-18-10-4-7-15(8-5-10)19(16,17)12-9-14-6-3-11(12)13/h3,6,9-10H,2,4-5,7-8H2,1H3. The lowest BCUT2D eigenvalue weighted by molar-refractivity contribution is 0.0290. The highest BCUT2D eigenvalue weighted by Gasteiger charge is 2.31. The zero-order chi connectivity index (χ0) is 13.9. The smallest absolute Gasteiger partial charge is 0.246 e. The van der Waals surface area contributed by atoms with Gasteiger partial charge in [0, 0.05) is 32.1 Å². The first kappa shape index (κ1) is 14.7. The van der Waals surface area contributed by atoms with Gasteiger partial charge in [-0.05, 0) is 25.8 Å². The fourth-order valence-corrected chi connectivity index (χ4v) is 4.04. The van der Waals surface area contributed by atoms with E-state index in [1.54, 1.807) is 0 Å². The van der Waals surface area contributed by atoms with E-state index in [1.807, 2.05) is 6.92 Å². The van der Waals surface area contributed by atoms with Crippen molar-refractivity contribution in [1.29, 1.82) is 0 Å². The number of aromatic nitrogens is 1. The predicted octanol–water partition coefficient (Wildman–Crippen LogP) is 1.92. The SMILES string of the molecule is CCOC1CCN(S(=O)(=O)c2cnccc2Cl)CC1. The molecule has 0 aromatic carbocycles. The first-order chi connectivity index (χ1) is 9.05. The number of hydrogen-bond donors (Lipinski definition) is 0. The number of sulfonamides is 1. The molecular formula is C12H17ClN2O3S. The summed E-state index contributed by atoms with van der Waals surface area (Å²) in [5, 5.41) is 0.210. The normalized spacial score (nSPS) is 18.6. The van der Waals surface area contributed by atoms with Crippen LogP contribution in [0.3, 0.4) is 0 Å². The topological polar surface area (TPSA) is 59.5 Å². The van der Waals surface area contributed by atoms with E-state index >= 15 is 0 Å². The Morgan fingerprint density at radius 2 is 2.16 bits per heavy atom. The summed E-state index contributed by atoms with van der Waals surface area (Å²) in [5.41, 5.74) is 0. The van der Waals surface area contributed by atoms with E-state index in [4.69, 9.17) is 16.3 Å². The van der Waals surface area contributed by atoms with Gasteiger partial charge >= 0.3 is 0 Å². The highest BCUT2D eigenvalue weighted by Crippen LogP contribution is 2.26. The lowest BCUT2D eigenvalue weighted by atomic mass is 10.1. The molecule has 2 heterocycles. The lowest BCUT2D eigenvalue weighted by Gasteiger charge is -2.31. The molecule has 0 aliphatic carbocycles. The van der Waals surface area contributed by atoms with Gasteiger partial charge in [-0.1, -0.05) is 11.6 Å². The molecule has 0 amide bonds. The number of hydrogen-bond acceptors (Lipinski definition) is 4. The molecule has 0 bridgehead atoms. The van der Waals surface area contributed by atoms with Gasteiger partial charge < -0.3 is 4.74 Å². The molecule has 0 unspecified atom stereocenters. The Morgan fingerprint density at radius 3 is 2.74 bits per heavy atom. The largest absolute Gasteiger partial charge is 0.378 e. The van der Waals surface area contributed by atoms with Crippen LogP contribution in [0.5, 0.6) is 0 Å². The van der Waals surface area contributed by atoms with Crippen molar-refractivity contribution in [3.05, 3.63) is 23.5 Å². The van der Waals surface area contributed by atoms with Gasteiger partial charge in [-0.3, -0.25) is 4.98 Å². The monoisotopic (exact) mass is 304 g/mol. The molecule has 0 atom stereocenters. The van der Waals surface area contributed by atoms with E-state index in [-0.39, 0.29) is 16.0 Å². The van der Waals surface area contributed by atoms with Crippen LogP contribution >= 0.6 is 11.6 Å². The van der Waals surface area contributed by atoms with Crippen LogP contribution in [0.1, 0.15) is 19.8 Å². The molecule has 1 aromatic rings. The third-order valence-corrected chi connectivity index (χ3v) is 5.52. The minimum atomic E-state index is -3.55. The summed E-state index contributed by atoms with van der Waals surface area (Å²) in [6.45, 7) is 3.51. The molecule has 0 radical (unpaired) electrons. The van der Waals surface area contributed by atoms with E-state index < -0.39 is 10.0 Å². The molecule has 1 aliphatic heterocycles. The molecule has 0 N–H and O–H groups in total. The van der Waals surface area contributed by atoms with Gasteiger partial charge in [0.15, 0.2) is 0 Å². The Hall–Kier alpha value is -0.690. The summed E-state index contributed by atoms with van der Waals surface area (Å²) in [4.78, 5) is 3.91. The molecule has 0 spiro atoms. The number of rotatable bonds is 4. The van der Waals surface area contributed by atoms with E-state index in [9.17, 15) is 8.42 Å². The molecular weight excluding hydrogens is 288 g/mol. The van der Waals surface area contributed by atoms with Crippen molar-refractivity contribution in [2.24, 2.45) is 0 Å². The molecule has 19 heavy (non-hydrogen) atoms. The molecule has 1 saturated heterocycles. The first-order valence-electron chi connectivity index (χ1n) is 6.27. The van der Waals surface area contributed by atoms with Crippen LogP contribution in [0.4, 0.5) is 0 Å². The number of piperidine rings is 1. The quantitative estimate of drug-likeness (QED) is 0.853. The Bertz CT molecular complexity index is 528. The second-order valence-corrected chi connectivity index (χ2v) is 6.68. The van der Waals surface area contributed by atoms with Gasteiger partial charge in [0.05, 0.1) is 11.1 Å². The van der Waals surface area contributed by atoms with E-state index in [2.05, 4.69) is 4.98 Å². The van der Waals surface area contributed by atoms with Crippen molar-refractivity contribution in [3.63, 3.8) is 0 Å². The number of pyridine rings is 1. The van der Waals surface area contributed by atoms with Crippen molar-refractivity contribution in [3.8, 4) is 0 Å². The van der Waals surface area contributed by atoms with Gasteiger partial charge in [-0.25, -0.2) is 8.42 Å². The number of halogens is 1. The molecule has 0 saturated carbocycles. The van der Waals surface area contributed by atoms with Crippen LogP contribution in [0.15, 0.2) is 23.4 Å². The number of ether oxygens (including phenoxy) is 1. The van der Waals surface area contributed by atoms with Crippen molar-refractivity contribution in [2.45, 2.75) is 30.8 Å². The summed E-state index contributed by atoms with van der Waals surface area (Å²) in [7, 11) is -3.55. The molecule has 1 aliphatic rings. The minimum absolute atomic E-state index is 0.0755. The Morgan fingerprint density at radius 1 is 1.47 bits per heavy atom. The summed E-state index contributed by atoms with van der Waals surface area (Å²) >= 11 is 5.94. The zero-order valence-corrected chi connectivity index (χ0v) is 12.3. The summed E-state index contributed by atoms with van der Waals surface area (Å²) < 4.78 is 31.8. The van der Waals surface area contributed by atoms with Crippen LogP contribution in [0.2, 0.25) is 5.02 Å². The van der Waals surface area contributed by atoms with Crippen molar-refractivity contribution < 1.29 is 13.2 Å². The maximum atomic E-state index is 12.4. The van der Waals surface area contributed by atoms with Crippen LogP contribution in [-0.2, 0) is 14.8 Å². The minimum Gasteiger partial charge on any atom is -0.378 e. The fourth-order valence-electron chi connectivity index (χ4n) is 2.17. The lowest BCUT2D eigenvalue weighted by Crippen LogP contribution is -2.40. The van der Waals surface area contributed by atoms with Gasteiger partial charge in [0.2, 0.25) is 10.0 Å². The second kappa shape index (κ2) is 6.17. The summed E-state index contributed by atoms with van der Waals surface area (Å²) in [5.74, 6) is 0. The Labute approximate surface area is 118 Å². The summed E-state index contributed by atoms with van der Waals surface area (Å²) in [6.07, 6.45) is 4.35. The van der Waals surface area contributed by atoms with Gasteiger partial charge in [0.25, 0.3) is 0 Å². The molecule has 1 fully saturated rings. The van der Waals surface area contributed by atoms with Crippen molar-refractivity contribution in [2.75, 3.05) is 19.7 Å². The first-order valence-corrected chi connectivity index (χ1v) is 8.08. The number of nitrogens with zero attached hydrogens (tertiary/aromatic N) is 2. The van der Waals surface area contributed by atoms with Gasteiger partial charge in [0.1, 0.15) is 4.90 Å². The van der Waals surface area contributed by atoms with Crippen molar-refractivity contribution in [1.82, 2.24) is 9.29 Å². The third kappa shape index (κ3) is 3.25. The maximum Gasteiger partial charge on any atom is 0.246 e. The van der Waals surface area contributed by atoms with E-state index in [0.717, 1.165) is 0 Å². The maximum absolute atomic E-state index is 12.4. The fraction of sp³-hybridized carbons (Fsp3) is 0.583. The van der Waals surface area contributed by atoms with Gasteiger partial charge in [-0.15, -0.1) is 0 Å². The zero-order valence-electron chi connectivity index (χ0n) is 10.8. The van der Waals surface area contributed by atoms with Crippen LogP contribution in [0.25, 0.3) is 0 Å². The summed E-state index contributed by atoms with van der Waals surface area (Å²) in [6, 6.07) is 1.49. The molecule has 106 valence electrons. The van der Waals surface area contributed by atoms with Crippen LogP contribution in [0, 0.1) is 0 Å². The third-order valence-electron chi connectivity index (χ3n) is 3.16. The van der Waals surface area contributed by atoms with Crippen LogP contribution < -0.4 is 0 Å². The van der Waals surface area contributed by atoms with Crippen LogP contribution in [-0.4, -0.2) is 43.5 Å². The molecule has 7 heteroatoms. The average molecular weight is 305 g/mol. The average Bonchev–Trinajstić information content (AvgIpc) is 2.40. The van der Waals surface area contributed by atoms with E-state index in [0.29, 0.717) is 32.5 Å². The highest BCUT2D eigenvalue weighted by molar-refractivity contribution is 7.89. The molecule has 1 aromatic heterocycles. The molecule has 5 nitrogen and oxygen atoms in total.